The van der Waals surface area contributed by atoms with Gasteiger partial charge in [0, 0.05) is 6.04 Å². The largest absolute Gasteiger partial charge is 0.348 e. The van der Waals surface area contributed by atoms with E-state index in [0.717, 1.165) is 18.4 Å². The second-order valence-electron chi connectivity index (χ2n) is 5.06. The van der Waals surface area contributed by atoms with Crippen LogP contribution in [0.4, 0.5) is 0 Å². The van der Waals surface area contributed by atoms with Gasteiger partial charge in [-0.1, -0.05) is 12.1 Å². The summed E-state index contributed by atoms with van der Waals surface area (Å²) in [5.74, 6) is -0.0695. The molecule has 1 aromatic carbocycles. The molecule has 1 aliphatic rings. The van der Waals surface area contributed by atoms with E-state index in [-0.39, 0.29) is 16.8 Å². The lowest BCUT2D eigenvalue weighted by atomic mass is 10.1. The summed E-state index contributed by atoms with van der Waals surface area (Å²) in [6.07, 6.45) is 2.27. The molecule has 20 heavy (non-hydrogen) atoms. The summed E-state index contributed by atoms with van der Waals surface area (Å²) in [5.41, 5.74) is 0.831. The standard InChI is InChI=1S/C13H19N3O3S/c1-9(16-13(17)8-15-11-4-5-11)10-2-6-12(7-3-10)20(14,18)19/h2-3,6-7,9,11,15H,4-5,8H2,1H3,(H,16,17)(H2,14,18,19). The predicted molar refractivity (Wildman–Crippen MR) is 75.4 cm³/mol. The van der Waals surface area contributed by atoms with E-state index >= 15 is 0 Å². The van der Waals surface area contributed by atoms with Crippen LogP contribution in [0.3, 0.4) is 0 Å². The minimum absolute atomic E-state index is 0.0650. The highest BCUT2D eigenvalue weighted by atomic mass is 32.2. The number of amides is 1. The molecule has 0 saturated heterocycles. The summed E-state index contributed by atoms with van der Waals surface area (Å²) in [6.45, 7) is 2.16. The van der Waals surface area contributed by atoms with Crippen molar-refractivity contribution >= 4 is 15.9 Å². The number of carbonyl (C=O) groups is 1. The number of carbonyl (C=O) groups excluding carboxylic acids is 1. The van der Waals surface area contributed by atoms with Gasteiger partial charge in [0.25, 0.3) is 0 Å². The summed E-state index contributed by atoms with van der Waals surface area (Å²) in [7, 11) is -3.68. The van der Waals surface area contributed by atoms with E-state index in [4.69, 9.17) is 5.14 Å². The molecule has 4 N–H and O–H groups in total. The van der Waals surface area contributed by atoms with Gasteiger partial charge in [-0.15, -0.1) is 0 Å². The predicted octanol–water partition coefficient (Wildman–Crippen LogP) is 0.263. The van der Waals surface area contributed by atoms with E-state index in [0.29, 0.717) is 12.6 Å². The summed E-state index contributed by atoms with van der Waals surface area (Å²) in [5, 5.41) is 11.0. The number of hydrogen-bond donors (Lipinski definition) is 3. The quantitative estimate of drug-likeness (QED) is 0.701. The lowest BCUT2D eigenvalue weighted by Gasteiger charge is -2.15. The fourth-order valence-electron chi connectivity index (χ4n) is 1.85. The van der Waals surface area contributed by atoms with Crippen LogP contribution in [0.25, 0.3) is 0 Å². The number of hydrogen-bond acceptors (Lipinski definition) is 4. The Kier molecular flexibility index (Phi) is 4.42. The van der Waals surface area contributed by atoms with Gasteiger partial charge in [0.15, 0.2) is 0 Å². The van der Waals surface area contributed by atoms with Crippen molar-refractivity contribution in [2.24, 2.45) is 5.14 Å². The zero-order valence-electron chi connectivity index (χ0n) is 11.3. The van der Waals surface area contributed by atoms with E-state index in [1.807, 2.05) is 6.92 Å². The fraction of sp³-hybridized carbons (Fsp3) is 0.462. The third-order valence-corrected chi connectivity index (χ3v) is 4.14. The highest BCUT2D eigenvalue weighted by molar-refractivity contribution is 7.89. The van der Waals surface area contributed by atoms with Crippen molar-refractivity contribution in [2.75, 3.05) is 6.54 Å². The fourth-order valence-corrected chi connectivity index (χ4v) is 2.36. The van der Waals surface area contributed by atoms with E-state index < -0.39 is 10.0 Å². The first-order valence-electron chi connectivity index (χ1n) is 6.52. The minimum atomic E-state index is -3.68. The maximum absolute atomic E-state index is 11.7. The normalized spacial score (nSPS) is 16.7. The summed E-state index contributed by atoms with van der Waals surface area (Å²) >= 11 is 0. The van der Waals surface area contributed by atoms with Crippen LogP contribution in [0.1, 0.15) is 31.4 Å². The molecule has 1 amide bonds. The zero-order valence-corrected chi connectivity index (χ0v) is 12.1. The van der Waals surface area contributed by atoms with Crippen molar-refractivity contribution < 1.29 is 13.2 Å². The van der Waals surface area contributed by atoms with Gasteiger partial charge in [-0.2, -0.15) is 0 Å². The molecule has 1 fully saturated rings. The van der Waals surface area contributed by atoms with Crippen LogP contribution in [0.2, 0.25) is 0 Å². The molecule has 0 bridgehead atoms. The molecule has 1 aliphatic carbocycles. The highest BCUT2D eigenvalue weighted by Crippen LogP contribution is 2.18. The average Bonchev–Trinajstić information content (AvgIpc) is 3.19. The smallest absolute Gasteiger partial charge is 0.238 e. The maximum atomic E-state index is 11.7. The lowest BCUT2D eigenvalue weighted by molar-refractivity contribution is -0.120. The molecule has 1 atom stereocenters. The molecule has 0 aliphatic heterocycles. The van der Waals surface area contributed by atoms with E-state index in [2.05, 4.69) is 10.6 Å². The Morgan fingerprint density at radius 2 is 1.95 bits per heavy atom. The van der Waals surface area contributed by atoms with Gasteiger partial charge in [0.2, 0.25) is 15.9 Å². The van der Waals surface area contributed by atoms with Crippen LogP contribution in [0, 0.1) is 0 Å². The van der Waals surface area contributed by atoms with Crippen LogP contribution < -0.4 is 15.8 Å². The van der Waals surface area contributed by atoms with Crippen LogP contribution in [-0.2, 0) is 14.8 Å². The van der Waals surface area contributed by atoms with Crippen LogP contribution >= 0.6 is 0 Å². The second-order valence-corrected chi connectivity index (χ2v) is 6.62. The van der Waals surface area contributed by atoms with Crippen molar-refractivity contribution in [1.82, 2.24) is 10.6 Å². The molecule has 1 aromatic rings. The molecular formula is C13H19N3O3S. The third-order valence-electron chi connectivity index (χ3n) is 3.21. The summed E-state index contributed by atoms with van der Waals surface area (Å²) in [4.78, 5) is 11.8. The molecule has 2 rings (SSSR count). The monoisotopic (exact) mass is 297 g/mol. The molecule has 0 spiro atoms. The maximum Gasteiger partial charge on any atom is 0.238 e. The number of primary sulfonamides is 1. The Bertz CT molecular complexity index is 579. The average molecular weight is 297 g/mol. The SMILES string of the molecule is CC(NC(=O)CNC1CC1)c1ccc(S(N)(=O)=O)cc1. The highest BCUT2D eigenvalue weighted by Gasteiger charge is 2.21. The summed E-state index contributed by atoms with van der Waals surface area (Å²) < 4.78 is 22.3. The van der Waals surface area contributed by atoms with Gasteiger partial charge in [-0.3, -0.25) is 4.79 Å². The number of nitrogens with two attached hydrogens (primary N) is 1. The molecule has 0 aromatic heterocycles. The third kappa shape index (κ3) is 4.29. The van der Waals surface area contributed by atoms with Crippen LogP contribution in [0.15, 0.2) is 29.2 Å². The summed E-state index contributed by atoms with van der Waals surface area (Å²) in [6, 6.07) is 6.49. The van der Waals surface area contributed by atoms with Crippen LogP contribution in [0.5, 0.6) is 0 Å². The molecule has 110 valence electrons. The van der Waals surface area contributed by atoms with Gasteiger partial charge in [0.1, 0.15) is 0 Å². The zero-order chi connectivity index (χ0) is 14.8. The molecular weight excluding hydrogens is 278 g/mol. The minimum Gasteiger partial charge on any atom is -0.348 e. The van der Waals surface area contributed by atoms with Crippen molar-refractivity contribution in [2.45, 2.75) is 36.7 Å². The molecule has 1 unspecified atom stereocenters. The van der Waals surface area contributed by atoms with Gasteiger partial charge < -0.3 is 10.6 Å². The first-order valence-corrected chi connectivity index (χ1v) is 8.06. The lowest BCUT2D eigenvalue weighted by Crippen LogP contribution is -2.36. The molecule has 6 nitrogen and oxygen atoms in total. The number of nitrogens with one attached hydrogen (secondary N) is 2. The first kappa shape index (κ1) is 15.0. The second kappa shape index (κ2) is 5.90. The van der Waals surface area contributed by atoms with E-state index in [1.165, 1.54) is 12.1 Å². The number of benzene rings is 1. The first-order chi connectivity index (χ1) is 9.36. The van der Waals surface area contributed by atoms with Crippen molar-refractivity contribution in [1.29, 1.82) is 0 Å². The van der Waals surface area contributed by atoms with Crippen molar-refractivity contribution in [3.8, 4) is 0 Å². The van der Waals surface area contributed by atoms with Gasteiger partial charge in [-0.05, 0) is 37.5 Å². The topological polar surface area (TPSA) is 101 Å². The van der Waals surface area contributed by atoms with E-state index in [9.17, 15) is 13.2 Å². The van der Waals surface area contributed by atoms with Crippen LogP contribution in [-0.4, -0.2) is 26.9 Å². The van der Waals surface area contributed by atoms with E-state index in [1.54, 1.807) is 12.1 Å². The van der Waals surface area contributed by atoms with Crippen molar-refractivity contribution in [3.63, 3.8) is 0 Å². The Hall–Kier alpha value is -1.44. The Morgan fingerprint density at radius 3 is 2.45 bits per heavy atom. The molecule has 7 heteroatoms. The number of rotatable bonds is 6. The molecule has 0 heterocycles. The Balaban J connectivity index is 1.91. The van der Waals surface area contributed by atoms with Gasteiger partial charge >= 0.3 is 0 Å². The Labute approximate surface area is 118 Å². The van der Waals surface area contributed by atoms with Gasteiger partial charge in [-0.25, -0.2) is 13.6 Å². The van der Waals surface area contributed by atoms with Crippen molar-refractivity contribution in [3.05, 3.63) is 29.8 Å². The van der Waals surface area contributed by atoms with Gasteiger partial charge in [0.05, 0.1) is 17.5 Å². The Morgan fingerprint density at radius 1 is 1.35 bits per heavy atom. The molecule has 1 saturated carbocycles. The number of sulfonamides is 1. The molecule has 0 radical (unpaired) electrons.